The van der Waals surface area contributed by atoms with Gasteiger partial charge in [-0.15, -0.1) is 0 Å². The maximum absolute atomic E-state index is 5.65. The van der Waals surface area contributed by atoms with Gasteiger partial charge in [0.05, 0.1) is 10.6 Å². The summed E-state index contributed by atoms with van der Waals surface area (Å²) in [5.41, 5.74) is 0. The number of nitrogens with zero attached hydrogens (tertiary/aromatic N) is 3. The second-order valence-corrected chi connectivity index (χ2v) is 5.27. The van der Waals surface area contributed by atoms with Crippen LogP contribution in [0.5, 0.6) is 0 Å². The van der Waals surface area contributed by atoms with Crippen LogP contribution in [0.3, 0.4) is 0 Å². The molecule has 0 bridgehead atoms. The van der Waals surface area contributed by atoms with E-state index in [1.807, 2.05) is 14.0 Å². The second-order valence-electron chi connectivity index (χ2n) is 4.41. The number of rotatable bonds is 5. The summed E-state index contributed by atoms with van der Waals surface area (Å²) >= 11 is 3.50. The normalized spacial score (nSPS) is 18.9. The molecule has 1 N–H and O–H groups in total. The van der Waals surface area contributed by atoms with Crippen LogP contribution in [0.2, 0.25) is 0 Å². The second kappa shape index (κ2) is 6.33. The summed E-state index contributed by atoms with van der Waals surface area (Å²) in [7, 11) is 2.03. The fourth-order valence-corrected chi connectivity index (χ4v) is 2.54. The number of aromatic nitrogens is 2. The zero-order chi connectivity index (χ0) is 13.0. The van der Waals surface area contributed by atoms with Gasteiger partial charge >= 0.3 is 0 Å². The molecular formula is C12H19BrN4O. The Kier molecular flexibility index (Phi) is 4.77. The van der Waals surface area contributed by atoms with Gasteiger partial charge in [-0.25, -0.2) is 4.98 Å². The number of hydrogen-bond donors (Lipinski definition) is 1. The summed E-state index contributed by atoms with van der Waals surface area (Å²) in [5.74, 6) is 1.56. The average molecular weight is 315 g/mol. The van der Waals surface area contributed by atoms with Gasteiger partial charge in [0.15, 0.2) is 0 Å². The minimum absolute atomic E-state index is 0.319. The Morgan fingerprint density at radius 2 is 2.44 bits per heavy atom. The van der Waals surface area contributed by atoms with E-state index in [0.29, 0.717) is 12.1 Å². The summed E-state index contributed by atoms with van der Waals surface area (Å²) in [5, 5.41) is 3.12. The van der Waals surface area contributed by atoms with Crippen molar-refractivity contribution in [3.05, 3.63) is 10.7 Å². The first-order valence-corrected chi connectivity index (χ1v) is 7.09. The lowest BCUT2D eigenvalue weighted by Gasteiger charge is -2.23. The van der Waals surface area contributed by atoms with Gasteiger partial charge in [0.1, 0.15) is 5.82 Å². The van der Waals surface area contributed by atoms with Crippen LogP contribution < -0.4 is 10.2 Å². The number of hydrogen-bond acceptors (Lipinski definition) is 5. The smallest absolute Gasteiger partial charge is 0.224 e. The Hall–Kier alpha value is -0.880. The Morgan fingerprint density at radius 1 is 1.61 bits per heavy atom. The monoisotopic (exact) mass is 314 g/mol. The first-order valence-electron chi connectivity index (χ1n) is 6.30. The SMILES string of the molecule is CCNc1ncc(Br)c(N(C)CC2CCCO2)n1. The molecule has 0 aliphatic carbocycles. The molecule has 0 spiro atoms. The molecule has 1 atom stereocenters. The van der Waals surface area contributed by atoms with Crippen LogP contribution in [-0.2, 0) is 4.74 Å². The maximum Gasteiger partial charge on any atom is 0.224 e. The molecule has 100 valence electrons. The minimum Gasteiger partial charge on any atom is -0.376 e. The van der Waals surface area contributed by atoms with E-state index in [2.05, 4.69) is 36.1 Å². The van der Waals surface area contributed by atoms with Crippen molar-refractivity contribution in [3.8, 4) is 0 Å². The van der Waals surface area contributed by atoms with Gasteiger partial charge in [0.2, 0.25) is 5.95 Å². The highest BCUT2D eigenvalue weighted by molar-refractivity contribution is 9.10. The third kappa shape index (κ3) is 3.32. The van der Waals surface area contributed by atoms with Gasteiger partial charge in [0.25, 0.3) is 0 Å². The Morgan fingerprint density at radius 3 is 3.11 bits per heavy atom. The van der Waals surface area contributed by atoms with Gasteiger partial charge in [-0.05, 0) is 35.7 Å². The van der Waals surface area contributed by atoms with Gasteiger partial charge in [-0.2, -0.15) is 4.98 Å². The van der Waals surface area contributed by atoms with Crippen LogP contribution in [0.4, 0.5) is 11.8 Å². The zero-order valence-electron chi connectivity index (χ0n) is 10.8. The van der Waals surface area contributed by atoms with Crippen molar-refractivity contribution >= 4 is 27.7 Å². The van der Waals surface area contributed by atoms with Crippen molar-refractivity contribution in [1.29, 1.82) is 0 Å². The molecule has 1 aliphatic rings. The number of halogens is 1. The minimum atomic E-state index is 0.319. The standard InChI is InChI=1S/C12H19BrN4O/c1-3-14-12-15-7-10(13)11(16-12)17(2)8-9-5-4-6-18-9/h7,9H,3-6,8H2,1-2H3,(H,14,15,16). The molecule has 1 saturated heterocycles. The molecule has 1 fully saturated rings. The highest BCUT2D eigenvalue weighted by Crippen LogP contribution is 2.24. The molecule has 0 radical (unpaired) electrons. The van der Waals surface area contributed by atoms with Crippen LogP contribution in [0.25, 0.3) is 0 Å². The Balaban J connectivity index is 2.07. The summed E-state index contributed by atoms with van der Waals surface area (Å²) in [6.45, 7) is 4.59. The number of anilines is 2. The van der Waals surface area contributed by atoms with E-state index in [-0.39, 0.29) is 0 Å². The Labute approximate surface area is 116 Å². The van der Waals surface area contributed by atoms with E-state index in [1.165, 1.54) is 0 Å². The molecular weight excluding hydrogens is 296 g/mol. The number of likely N-dealkylation sites (N-methyl/N-ethyl adjacent to an activating group) is 1. The van der Waals surface area contributed by atoms with Gasteiger partial charge in [-0.1, -0.05) is 0 Å². The predicted octanol–water partition coefficient (Wildman–Crippen LogP) is 2.29. The third-order valence-corrected chi connectivity index (χ3v) is 3.48. The van der Waals surface area contributed by atoms with Crippen molar-refractivity contribution in [2.45, 2.75) is 25.9 Å². The van der Waals surface area contributed by atoms with E-state index in [9.17, 15) is 0 Å². The highest BCUT2D eigenvalue weighted by Gasteiger charge is 2.19. The number of nitrogens with one attached hydrogen (secondary N) is 1. The van der Waals surface area contributed by atoms with Gasteiger partial charge in [-0.3, -0.25) is 0 Å². The van der Waals surface area contributed by atoms with E-state index in [1.54, 1.807) is 6.20 Å². The van der Waals surface area contributed by atoms with Crippen LogP contribution >= 0.6 is 15.9 Å². The molecule has 1 aromatic rings. The lowest BCUT2D eigenvalue weighted by atomic mass is 10.2. The first-order chi connectivity index (χ1) is 8.70. The summed E-state index contributed by atoms with van der Waals surface area (Å²) in [6, 6.07) is 0. The highest BCUT2D eigenvalue weighted by atomic mass is 79.9. The Bertz CT molecular complexity index is 396. The fraction of sp³-hybridized carbons (Fsp3) is 0.667. The average Bonchev–Trinajstić information content (AvgIpc) is 2.84. The molecule has 0 saturated carbocycles. The summed E-state index contributed by atoms with van der Waals surface area (Å²) in [4.78, 5) is 10.8. The molecule has 6 heteroatoms. The van der Waals surface area contributed by atoms with E-state index >= 15 is 0 Å². The number of ether oxygens (including phenoxy) is 1. The molecule has 0 amide bonds. The maximum atomic E-state index is 5.65. The third-order valence-electron chi connectivity index (χ3n) is 2.92. The topological polar surface area (TPSA) is 50.3 Å². The summed E-state index contributed by atoms with van der Waals surface area (Å²) < 4.78 is 6.55. The predicted molar refractivity (Wildman–Crippen MR) is 76.1 cm³/mol. The lowest BCUT2D eigenvalue weighted by molar-refractivity contribution is 0.116. The van der Waals surface area contributed by atoms with E-state index in [4.69, 9.17) is 4.74 Å². The molecule has 1 aromatic heterocycles. The molecule has 5 nitrogen and oxygen atoms in total. The summed E-state index contributed by atoms with van der Waals surface area (Å²) in [6.07, 6.45) is 4.39. The van der Waals surface area contributed by atoms with Gasteiger partial charge < -0.3 is 15.0 Å². The van der Waals surface area contributed by atoms with Crippen LogP contribution in [0.1, 0.15) is 19.8 Å². The van der Waals surface area contributed by atoms with Crippen LogP contribution in [0, 0.1) is 0 Å². The van der Waals surface area contributed by atoms with E-state index in [0.717, 1.165) is 42.8 Å². The molecule has 1 unspecified atom stereocenters. The molecule has 2 rings (SSSR count). The van der Waals surface area contributed by atoms with Crippen LogP contribution in [-0.4, -0.2) is 42.8 Å². The quantitative estimate of drug-likeness (QED) is 0.903. The molecule has 2 heterocycles. The molecule has 0 aromatic carbocycles. The van der Waals surface area contributed by atoms with Crippen molar-refractivity contribution in [1.82, 2.24) is 9.97 Å². The zero-order valence-corrected chi connectivity index (χ0v) is 12.4. The molecule has 18 heavy (non-hydrogen) atoms. The first kappa shape index (κ1) is 13.5. The van der Waals surface area contributed by atoms with E-state index < -0.39 is 0 Å². The van der Waals surface area contributed by atoms with Crippen molar-refractivity contribution < 1.29 is 4.74 Å². The van der Waals surface area contributed by atoms with Gasteiger partial charge in [0, 0.05) is 32.9 Å². The fourth-order valence-electron chi connectivity index (χ4n) is 2.05. The lowest BCUT2D eigenvalue weighted by Crippen LogP contribution is -2.29. The molecule has 1 aliphatic heterocycles. The van der Waals surface area contributed by atoms with Crippen LogP contribution in [0.15, 0.2) is 10.7 Å². The van der Waals surface area contributed by atoms with Crippen molar-refractivity contribution in [3.63, 3.8) is 0 Å². The van der Waals surface area contributed by atoms with Crippen molar-refractivity contribution in [2.24, 2.45) is 0 Å². The largest absolute Gasteiger partial charge is 0.376 e. The van der Waals surface area contributed by atoms with Crippen molar-refractivity contribution in [2.75, 3.05) is 37.0 Å².